The van der Waals surface area contributed by atoms with E-state index in [4.69, 9.17) is 60.6 Å². The summed E-state index contributed by atoms with van der Waals surface area (Å²) in [5.41, 5.74) is 14.0. The lowest BCUT2D eigenvalue weighted by molar-refractivity contribution is -0.565. The normalized spacial score (nSPS) is 17.3. The van der Waals surface area contributed by atoms with Gasteiger partial charge in [0.25, 0.3) is 17.3 Å². The largest absolute Gasteiger partial charge is 0.482 e. The molecule has 3 saturated heterocycles. The van der Waals surface area contributed by atoms with Crippen LogP contribution in [0.2, 0.25) is 0 Å². The number of hydrogen-bond acceptors (Lipinski definition) is 25. The van der Waals surface area contributed by atoms with Crippen LogP contribution in [0.4, 0.5) is 11.4 Å². The van der Waals surface area contributed by atoms with Crippen LogP contribution in [0.1, 0.15) is 151 Å². The van der Waals surface area contributed by atoms with E-state index in [0.29, 0.717) is 102 Å². The highest BCUT2D eigenvalue weighted by Crippen LogP contribution is 2.33. The Morgan fingerprint density at radius 3 is 1.62 bits per heavy atom. The molecule has 1 saturated carbocycles. The molecule has 0 bridgehead atoms. The Kier molecular flexibility index (Phi) is 49.6. The van der Waals surface area contributed by atoms with Gasteiger partial charge in [0, 0.05) is 109 Å². The maximum absolute atomic E-state index is 12.5. The molecular weight excluding hydrogens is 1600 g/mol. The van der Waals surface area contributed by atoms with E-state index in [2.05, 4.69) is 45.9 Å². The Bertz CT molecular complexity index is 4460. The van der Waals surface area contributed by atoms with Gasteiger partial charge in [-0.25, -0.2) is 0 Å². The van der Waals surface area contributed by atoms with Crippen molar-refractivity contribution in [2.45, 2.75) is 131 Å². The molecule has 6 aromatic carbocycles. The number of azo groups is 3. The molecule has 6 aromatic rings. The van der Waals surface area contributed by atoms with Crippen molar-refractivity contribution in [3.05, 3.63) is 216 Å². The standard InChI is InChI=1S/C38H40N4O8S.C20H20N4O2.C17H21NO5S.C5H8O2Si.C5H6O2.5CH4/c1-3-18-46-19-17-39-37(44)30-13-11-29(12-14-30)34-22-32(42(40-34)31-7-5-4-6-8-31)25-50-33-15-9-28(10-16-33)24-49-27-48-21-20-47-26-41-36(43)23-35(51-2)38(41)45;1-2-14-26-15-6-9-19(25)16-10-12-17(13-11-16)20-21-23-24(22-20)18-7-4-3-5-8-18;1-3-23-14-6-4-13(5-7-14)11-21-8-9-22-12-18-16(19)10-15(24-2)17(18)20;1-3-2-4(6)8-5(3)7;6-4-1-2-5(7)3-4;;;;;/h1,4-16,22,34-35H,17-21,23-27H2,2H3;1,3-5,7-8,10-13,20,22H,6,9,14-15H2;3-7,15H,1,8-12H2,2H3;3H,2,8H2,1H3;1-3H2;5*1H4/p+2. The predicted octanol–water partition coefficient (Wildman–Crippen LogP) is 12.9. The minimum absolute atomic E-state index is 0. The summed E-state index contributed by atoms with van der Waals surface area (Å²) in [7, 11) is -0.933. The van der Waals surface area contributed by atoms with Crippen molar-refractivity contribution in [3.63, 3.8) is 0 Å². The molecule has 5 unspecified atom stereocenters. The number of benzene rings is 6. The fourth-order valence-electron chi connectivity index (χ4n) is 11.6. The molecule has 5 heterocycles. The number of ether oxygens (including phenoxy) is 9. The van der Waals surface area contributed by atoms with Crippen LogP contribution in [0.5, 0.6) is 11.5 Å². The molecule has 6 aliphatic rings. The third-order valence-electron chi connectivity index (χ3n) is 17.9. The Labute approximate surface area is 722 Å². The van der Waals surface area contributed by atoms with Gasteiger partial charge in [-0.05, 0) is 82.7 Å². The average molecular weight is 1720 g/mol. The lowest BCUT2D eigenvalue weighted by atomic mass is 10.0. The molecule has 12 rings (SSSR count). The maximum Gasteiger partial charge on any atom is 0.266 e. The van der Waals surface area contributed by atoms with Crippen LogP contribution in [0.15, 0.2) is 193 Å². The fourth-order valence-corrected chi connectivity index (χ4v) is 14.3. The molecule has 1 aliphatic carbocycles. The van der Waals surface area contributed by atoms with Crippen molar-refractivity contribution in [1.29, 1.82) is 0 Å². The average Bonchev–Trinajstić information content (AvgIpc) is 1.68. The van der Waals surface area contributed by atoms with E-state index in [1.807, 2.05) is 170 Å². The van der Waals surface area contributed by atoms with Crippen LogP contribution in [0, 0.1) is 30.6 Å². The number of nitrogens with one attached hydrogen (secondary N) is 3. The number of hydrazine groups is 2. The first-order chi connectivity index (χ1) is 56.4. The molecule has 31 heteroatoms. The van der Waals surface area contributed by atoms with Crippen molar-refractivity contribution in [3.8, 4) is 36.2 Å². The van der Waals surface area contributed by atoms with Crippen molar-refractivity contribution < 1.29 is 100 Å². The zero-order valence-corrected chi connectivity index (χ0v) is 68.2. The van der Waals surface area contributed by atoms with Gasteiger partial charge in [-0.15, -0.1) is 18.3 Å². The summed E-state index contributed by atoms with van der Waals surface area (Å²) >= 11 is 2.76. The Morgan fingerprint density at radius 2 is 1.12 bits per heavy atom. The molecule has 0 spiro atoms. The molecule has 5 aliphatic heterocycles. The third-order valence-corrected chi connectivity index (χ3v) is 21.5. The highest BCUT2D eigenvalue weighted by molar-refractivity contribution is 8.00. The maximum atomic E-state index is 12.5. The van der Waals surface area contributed by atoms with Gasteiger partial charge in [0.1, 0.15) is 67.3 Å². The first-order valence-electron chi connectivity index (χ1n) is 37.5. The van der Waals surface area contributed by atoms with E-state index in [9.17, 15) is 47.9 Å². The Hall–Kier alpha value is -10.8. The van der Waals surface area contributed by atoms with E-state index < -0.39 is 9.52 Å². The molecule has 3 N–H and O–H groups in total. The minimum Gasteiger partial charge on any atom is -0.482 e. The zero-order chi connectivity index (χ0) is 82.8. The third kappa shape index (κ3) is 35.1. The van der Waals surface area contributed by atoms with E-state index in [-0.39, 0.29) is 189 Å². The first kappa shape index (κ1) is 104. The molecule has 0 radical (unpaired) electrons. The summed E-state index contributed by atoms with van der Waals surface area (Å²) in [6, 6.07) is 49.4. The Morgan fingerprint density at radius 1 is 0.595 bits per heavy atom. The van der Waals surface area contributed by atoms with Crippen molar-refractivity contribution in [1.82, 2.24) is 26.1 Å². The molecule has 28 nitrogen and oxygen atoms in total. The minimum atomic E-state index is -0.933. The number of imide groups is 2. The van der Waals surface area contributed by atoms with Gasteiger partial charge in [0.2, 0.25) is 35.5 Å². The predicted molar refractivity (Wildman–Crippen MR) is 469 cm³/mol. The number of para-hydroxylation sites is 2. The number of rotatable bonds is 38. The van der Waals surface area contributed by atoms with E-state index >= 15 is 0 Å². The quantitative estimate of drug-likeness (QED) is 0.00373. The van der Waals surface area contributed by atoms with Gasteiger partial charge in [-0.2, -0.15) is 23.5 Å². The Balaban J connectivity index is 0.000000452. The lowest BCUT2D eigenvalue weighted by Crippen LogP contribution is -2.34. The lowest BCUT2D eigenvalue weighted by Gasteiger charge is -2.14. The second kappa shape index (κ2) is 57.4. The summed E-state index contributed by atoms with van der Waals surface area (Å²) in [5, 5.41) is 12.2. The second-order valence-electron chi connectivity index (χ2n) is 26.4. The number of thioether (sulfide) groups is 2. The van der Waals surface area contributed by atoms with Gasteiger partial charge in [-0.3, -0.25) is 48.2 Å². The van der Waals surface area contributed by atoms with Crippen molar-refractivity contribution in [2.75, 3.05) is 98.8 Å². The summed E-state index contributed by atoms with van der Waals surface area (Å²) in [6.07, 6.45) is 20.4. The van der Waals surface area contributed by atoms with Gasteiger partial charge in [0.15, 0.2) is 28.0 Å². The number of nitrogens with zero attached hydrogens (tertiary/aromatic N) is 6. The zero-order valence-electron chi connectivity index (χ0n) is 65.1. The van der Waals surface area contributed by atoms with Gasteiger partial charge < -0.3 is 57.5 Å². The number of carbonyl (C=O) groups is 10. The van der Waals surface area contributed by atoms with Crippen molar-refractivity contribution in [2.24, 2.45) is 16.1 Å². The second-order valence-corrected chi connectivity index (χ2v) is 30.3. The monoisotopic (exact) mass is 1720 g/mol. The van der Waals surface area contributed by atoms with Crippen LogP contribution < -0.4 is 25.8 Å². The van der Waals surface area contributed by atoms with Crippen LogP contribution in [-0.4, -0.2) is 196 Å². The topological polar surface area (TPSA) is 327 Å². The summed E-state index contributed by atoms with van der Waals surface area (Å²) < 4.78 is 50.9. The summed E-state index contributed by atoms with van der Waals surface area (Å²) in [6.45, 7) is 9.35. The molecule has 650 valence electrons. The van der Waals surface area contributed by atoms with E-state index in [0.717, 1.165) is 50.0 Å². The van der Waals surface area contributed by atoms with Crippen LogP contribution in [-0.2, 0) is 84.7 Å². The molecule has 4 fully saturated rings. The molecule has 5 amide bonds. The van der Waals surface area contributed by atoms with Gasteiger partial charge in [-0.1, -0.05) is 170 Å². The van der Waals surface area contributed by atoms with E-state index in [1.165, 1.54) is 34.7 Å². The highest BCUT2D eigenvalue weighted by Gasteiger charge is 2.40. The number of amides is 5. The fraction of sp³-hybridized carbons (Fsp3) is 0.400. The number of hydrogen-bond donors (Lipinski definition) is 3. The number of carbonyl (C=O) groups excluding carboxylic acids is 10. The molecule has 121 heavy (non-hydrogen) atoms. The van der Waals surface area contributed by atoms with E-state index in [1.54, 1.807) is 16.9 Å². The van der Waals surface area contributed by atoms with Gasteiger partial charge in [0.05, 0.1) is 69.4 Å². The smallest absolute Gasteiger partial charge is 0.266 e. The molecule has 0 aromatic heterocycles. The number of likely N-dealkylation sites (tertiary alicyclic amines) is 2. The summed E-state index contributed by atoms with van der Waals surface area (Å²) in [4.78, 5) is 118. The van der Waals surface area contributed by atoms with Crippen molar-refractivity contribution >= 4 is 102 Å². The number of terminal acetylenes is 2. The molecule has 5 atom stereocenters. The van der Waals surface area contributed by atoms with Crippen LogP contribution in [0.3, 0.4) is 0 Å². The number of ketones is 3. The number of Topliss-reactive ketones (excluding diaryl/α,β-unsaturated/α-hetero) is 3. The molecular formula is C90H117N9O19S2Si+2. The SMILES string of the molecule is C.C.C.C.C.C#CCOCCCC(=O)c1ccc(C2N=[N+](c3ccccc3)NN2)cc1.C#CCOCCNC(=O)c1ccc(C2C=C(COc3ccc(COCOCCOCN4C(=O)CC(SC)C4=O)cc3)[N+](c3ccccc3)=N2)cc1.C=COc1ccc(COCCOCN2C(=O)CC(SC)C2=O)cc1.CC1CC(=O)[SiH2]C1=O.O=C1CCC(=O)C1. The van der Waals surface area contributed by atoms with Crippen LogP contribution >= 0.6 is 23.5 Å². The summed E-state index contributed by atoms with van der Waals surface area (Å²) in [5.74, 6) is 5.63. The highest BCUT2D eigenvalue weighted by atomic mass is 32.2. The van der Waals surface area contributed by atoms with Gasteiger partial charge >= 0.3 is 0 Å². The van der Waals surface area contributed by atoms with Crippen LogP contribution in [0.25, 0.3) is 0 Å². The first-order valence-corrected chi connectivity index (χ1v) is 41.5.